The smallest absolute Gasteiger partial charge is 0.259 e. The highest BCUT2D eigenvalue weighted by Gasteiger charge is 2.21. The van der Waals surface area contributed by atoms with Crippen LogP contribution in [0.2, 0.25) is 0 Å². The molecule has 0 radical (unpaired) electrons. The van der Waals surface area contributed by atoms with Crippen LogP contribution in [0.15, 0.2) is 65.5 Å². The minimum absolute atomic E-state index is 0.0518. The van der Waals surface area contributed by atoms with Crippen LogP contribution >= 0.6 is 11.3 Å². The number of carbonyl (C=O) groups is 1. The molecule has 0 unspecified atom stereocenters. The van der Waals surface area contributed by atoms with Gasteiger partial charge in [0.1, 0.15) is 10.7 Å². The fourth-order valence-electron chi connectivity index (χ4n) is 4.55. The van der Waals surface area contributed by atoms with Gasteiger partial charge in [0, 0.05) is 17.8 Å². The number of hydrogen-bond acceptors (Lipinski definition) is 4. The molecule has 168 valence electrons. The Morgan fingerprint density at radius 3 is 2.39 bits per heavy atom. The van der Waals surface area contributed by atoms with Crippen LogP contribution in [0, 0.1) is 0 Å². The summed E-state index contributed by atoms with van der Waals surface area (Å²) < 4.78 is 0. The Morgan fingerprint density at radius 1 is 0.939 bits per heavy atom. The van der Waals surface area contributed by atoms with Gasteiger partial charge in [-0.15, -0.1) is 11.3 Å². The molecule has 1 aliphatic carbocycles. The van der Waals surface area contributed by atoms with Gasteiger partial charge in [-0.05, 0) is 48.8 Å². The van der Waals surface area contributed by atoms with E-state index >= 15 is 0 Å². The first kappa shape index (κ1) is 21.6. The first-order valence-corrected chi connectivity index (χ1v) is 12.4. The van der Waals surface area contributed by atoms with Crippen molar-refractivity contribution in [1.29, 1.82) is 0 Å². The minimum atomic E-state index is -0.0780. The number of nitrogens with zero attached hydrogens (tertiary/aromatic N) is 2. The molecule has 1 N–H and O–H groups in total. The van der Waals surface area contributed by atoms with E-state index in [-0.39, 0.29) is 18.0 Å². The SMILES string of the molecule is O=C(CCc1ccccc1)N(Cc1ccccc1)Cc1nc2sc3c(c2c(=O)[nH]1)CCCC3. The average molecular weight is 458 g/mol. The number of nitrogens with one attached hydrogen (secondary N) is 1. The maximum absolute atomic E-state index is 13.2. The molecule has 33 heavy (non-hydrogen) atoms. The van der Waals surface area contributed by atoms with Crippen LogP contribution in [0.5, 0.6) is 0 Å². The van der Waals surface area contributed by atoms with Crippen molar-refractivity contribution < 1.29 is 4.79 Å². The summed E-state index contributed by atoms with van der Waals surface area (Å²) in [4.78, 5) is 37.9. The first-order valence-electron chi connectivity index (χ1n) is 11.6. The highest BCUT2D eigenvalue weighted by Crippen LogP contribution is 2.33. The van der Waals surface area contributed by atoms with Gasteiger partial charge in [0.2, 0.25) is 5.91 Å². The average Bonchev–Trinajstić information content (AvgIpc) is 3.22. The maximum Gasteiger partial charge on any atom is 0.259 e. The first-order chi connectivity index (χ1) is 16.2. The molecule has 0 bridgehead atoms. The summed E-state index contributed by atoms with van der Waals surface area (Å²) in [6.45, 7) is 0.771. The van der Waals surface area contributed by atoms with E-state index in [0.29, 0.717) is 25.2 Å². The van der Waals surface area contributed by atoms with Crippen molar-refractivity contribution in [2.75, 3.05) is 0 Å². The lowest BCUT2D eigenvalue weighted by atomic mass is 9.97. The van der Waals surface area contributed by atoms with Gasteiger partial charge in [-0.25, -0.2) is 4.98 Å². The van der Waals surface area contributed by atoms with Crippen molar-refractivity contribution in [3.05, 3.63) is 98.4 Å². The van der Waals surface area contributed by atoms with Gasteiger partial charge in [0.25, 0.3) is 5.56 Å². The van der Waals surface area contributed by atoms with E-state index in [2.05, 4.69) is 4.98 Å². The Kier molecular flexibility index (Phi) is 6.35. The summed E-state index contributed by atoms with van der Waals surface area (Å²) in [5.41, 5.74) is 3.30. The normalized spacial score (nSPS) is 13.1. The zero-order chi connectivity index (χ0) is 22.6. The van der Waals surface area contributed by atoms with E-state index in [9.17, 15) is 9.59 Å². The van der Waals surface area contributed by atoms with Crippen LogP contribution in [0.4, 0.5) is 0 Å². The summed E-state index contributed by atoms with van der Waals surface area (Å²) in [6.07, 6.45) is 5.38. The number of aryl methyl sites for hydroxylation is 3. The lowest BCUT2D eigenvalue weighted by Crippen LogP contribution is -2.32. The van der Waals surface area contributed by atoms with Crippen LogP contribution in [-0.4, -0.2) is 20.8 Å². The molecule has 2 heterocycles. The molecule has 0 atom stereocenters. The van der Waals surface area contributed by atoms with Crippen molar-refractivity contribution in [3.63, 3.8) is 0 Å². The Balaban J connectivity index is 1.40. The maximum atomic E-state index is 13.2. The molecule has 0 saturated heterocycles. The van der Waals surface area contributed by atoms with E-state index < -0.39 is 0 Å². The molecule has 0 spiro atoms. The van der Waals surface area contributed by atoms with Gasteiger partial charge < -0.3 is 9.88 Å². The summed E-state index contributed by atoms with van der Waals surface area (Å²) in [7, 11) is 0. The lowest BCUT2D eigenvalue weighted by molar-refractivity contribution is -0.132. The van der Waals surface area contributed by atoms with E-state index in [1.807, 2.05) is 60.7 Å². The highest BCUT2D eigenvalue weighted by molar-refractivity contribution is 7.18. The molecule has 4 aromatic rings. The second kappa shape index (κ2) is 9.71. The topological polar surface area (TPSA) is 66.1 Å². The van der Waals surface area contributed by atoms with Crippen molar-refractivity contribution in [3.8, 4) is 0 Å². The van der Waals surface area contributed by atoms with Gasteiger partial charge in [0.05, 0.1) is 11.9 Å². The third-order valence-corrected chi connectivity index (χ3v) is 7.44. The number of thiophene rings is 1. The quantitative estimate of drug-likeness (QED) is 0.424. The number of benzene rings is 2. The third-order valence-electron chi connectivity index (χ3n) is 6.25. The van der Waals surface area contributed by atoms with Crippen LogP contribution in [0.25, 0.3) is 10.2 Å². The number of amides is 1. The number of aromatic nitrogens is 2. The van der Waals surface area contributed by atoms with E-state index in [4.69, 9.17) is 4.98 Å². The van der Waals surface area contributed by atoms with Gasteiger partial charge in [-0.2, -0.15) is 0 Å². The van der Waals surface area contributed by atoms with Gasteiger partial charge in [-0.3, -0.25) is 9.59 Å². The lowest BCUT2D eigenvalue weighted by Gasteiger charge is -2.22. The molecule has 6 heteroatoms. The Hall–Kier alpha value is -3.25. The fraction of sp³-hybridized carbons (Fsp3) is 0.296. The van der Waals surface area contributed by atoms with E-state index in [1.54, 1.807) is 16.2 Å². The van der Waals surface area contributed by atoms with Gasteiger partial charge in [-0.1, -0.05) is 60.7 Å². The standard InChI is InChI=1S/C27H27N3O2S/c31-24(16-15-19-9-3-1-4-10-19)30(17-20-11-5-2-6-12-20)18-23-28-26(32)25-21-13-7-8-14-22(21)33-27(25)29-23/h1-6,9-12H,7-8,13-18H2,(H,28,29,32). The highest BCUT2D eigenvalue weighted by atomic mass is 32.1. The van der Waals surface area contributed by atoms with Crippen LogP contribution in [0.1, 0.15) is 46.7 Å². The molecule has 2 aromatic carbocycles. The molecular formula is C27H27N3O2S. The van der Waals surface area contributed by atoms with Crippen molar-refractivity contribution in [2.45, 2.75) is 51.6 Å². The number of carbonyl (C=O) groups excluding carboxylic acids is 1. The molecule has 1 amide bonds. The second-order valence-corrected chi connectivity index (χ2v) is 9.71. The van der Waals surface area contributed by atoms with Crippen molar-refractivity contribution in [1.82, 2.24) is 14.9 Å². The molecule has 1 aliphatic rings. The molecule has 5 rings (SSSR count). The van der Waals surface area contributed by atoms with Crippen LogP contribution in [-0.2, 0) is 37.1 Å². The molecular weight excluding hydrogens is 430 g/mol. The Labute approximate surface area is 197 Å². The largest absolute Gasteiger partial charge is 0.331 e. The zero-order valence-corrected chi connectivity index (χ0v) is 19.4. The molecule has 0 saturated carbocycles. The summed E-state index contributed by atoms with van der Waals surface area (Å²) in [5.74, 6) is 0.603. The predicted molar refractivity (Wildman–Crippen MR) is 132 cm³/mol. The predicted octanol–water partition coefficient (Wildman–Crippen LogP) is 5.03. The molecule has 0 aliphatic heterocycles. The monoisotopic (exact) mass is 457 g/mol. The summed E-state index contributed by atoms with van der Waals surface area (Å²) in [5, 5.41) is 0.753. The number of aromatic amines is 1. The second-order valence-electron chi connectivity index (χ2n) is 8.62. The third kappa shape index (κ3) is 4.91. The van der Waals surface area contributed by atoms with Crippen LogP contribution in [0.3, 0.4) is 0 Å². The van der Waals surface area contributed by atoms with Crippen molar-refractivity contribution >= 4 is 27.5 Å². The molecule has 2 aromatic heterocycles. The molecule has 5 nitrogen and oxygen atoms in total. The van der Waals surface area contributed by atoms with Gasteiger partial charge in [0.15, 0.2) is 0 Å². The van der Waals surface area contributed by atoms with E-state index in [0.717, 1.165) is 40.6 Å². The number of H-pyrrole nitrogens is 1. The summed E-state index contributed by atoms with van der Waals surface area (Å²) >= 11 is 1.64. The zero-order valence-electron chi connectivity index (χ0n) is 18.5. The number of fused-ring (bicyclic) bond motifs is 3. The fourth-order valence-corrected chi connectivity index (χ4v) is 5.84. The molecule has 0 fully saturated rings. The van der Waals surface area contributed by atoms with E-state index in [1.165, 1.54) is 16.9 Å². The minimum Gasteiger partial charge on any atom is -0.331 e. The van der Waals surface area contributed by atoms with Crippen LogP contribution < -0.4 is 5.56 Å². The number of hydrogen-bond donors (Lipinski definition) is 1. The Bertz CT molecular complexity index is 1310. The Morgan fingerprint density at radius 2 is 1.64 bits per heavy atom. The van der Waals surface area contributed by atoms with Gasteiger partial charge >= 0.3 is 0 Å². The van der Waals surface area contributed by atoms with Crippen molar-refractivity contribution in [2.24, 2.45) is 0 Å². The summed E-state index contributed by atoms with van der Waals surface area (Å²) in [6, 6.07) is 20.0. The number of rotatable bonds is 7.